The molecule has 1 amide bonds. The third-order valence-electron chi connectivity index (χ3n) is 5.95. The number of nitrogens with zero attached hydrogens (tertiary/aromatic N) is 2. The fourth-order valence-electron chi connectivity index (χ4n) is 3.73. The number of esters is 1. The third-order valence-corrected chi connectivity index (χ3v) is 7.99. The van der Waals surface area contributed by atoms with Crippen molar-refractivity contribution in [1.29, 1.82) is 0 Å². The van der Waals surface area contributed by atoms with Gasteiger partial charge in [-0.2, -0.15) is 4.31 Å². The molecule has 1 aliphatic rings. The van der Waals surface area contributed by atoms with Crippen molar-refractivity contribution < 1.29 is 27.5 Å². The molecule has 11 heteroatoms. The molecule has 1 fully saturated rings. The molecule has 1 heterocycles. The number of morpholine rings is 1. The lowest BCUT2D eigenvalue weighted by atomic mass is 10.1. The number of hydrogen-bond donors (Lipinski definition) is 1. The van der Waals surface area contributed by atoms with Gasteiger partial charge in [-0.1, -0.05) is 19.9 Å². The number of aryl methyl sites for hydroxylation is 1. The van der Waals surface area contributed by atoms with Crippen molar-refractivity contribution in [3.8, 4) is 0 Å². The smallest absolute Gasteiger partial charge is 0.338 e. The summed E-state index contributed by atoms with van der Waals surface area (Å²) in [5, 5.41) is 2.75. The van der Waals surface area contributed by atoms with Crippen molar-refractivity contribution in [2.75, 3.05) is 57.9 Å². The van der Waals surface area contributed by atoms with Crippen LogP contribution in [-0.2, 0) is 19.5 Å². The van der Waals surface area contributed by atoms with Gasteiger partial charge in [0.15, 0.2) is 0 Å². The molecule has 0 unspecified atom stereocenters. The molecule has 0 aromatic heterocycles. The highest BCUT2D eigenvalue weighted by Gasteiger charge is 2.28. The number of anilines is 1. The van der Waals surface area contributed by atoms with E-state index in [2.05, 4.69) is 24.1 Å². The maximum Gasteiger partial charge on any atom is 0.338 e. The highest BCUT2D eigenvalue weighted by molar-refractivity contribution is 7.89. The zero-order valence-electron chi connectivity index (χ0n) is 20.9. The van der Waals surface area contributed by atoms with Crippen LogP contribution in [0.3, 0.4) is 0 Å². The van der Waals surface area contributed by atoms with Crippen molar-refractivity contribution in [2.24, 2.45) is 0 Å². The minimum atomic E-state index is -3.73. The van der Waals surface area contributed by atoms with E-state index in [-0.39, 0.29) is 36.0 Å². The molecular weight excluding hydrogens is 506 g/mol. The van der Waals surface area contributed by atoms with Crippen molar-refractivity contribution in [3.05, 3.63) is 59.2 Å². The Labute approximate surface area is 219 Å². The first kappa shape index (κ1) is 29.7. The van der Waals surface area contributed by atoms with Gasteiger partial charge < -0.3 is 19.7 Å². The van der Waals surface area contributed by atoms with E-state index in [1.54, 1.807) is 43.3 Å². The lowest BCUT2D eigenvalue weighted by Crippen LogP contribution is -2.40. The van der Waals surface area contributed by atoms with Crippen LogP contribution < -0.4 is 5.32 Å². The van der Waals surface area contributed by atoms with E-state index in [1.807, 2.05) is 0 Å². The number of sulfonamides is 1. The number of nitrogens with one attached hydrogen (secondary N) is 1. The number of amides is 1. The summed E-state index contributed by atoms with van der Waals surface area (Å²) in [5.41, 5.74) is 1.66. The first-order valence-electron chi connectivity index (χ1n) is 11.8. The summed E-state index contributed by atoms with van der Waals surface area (Å²) in [6.07, 6.45) is 0. The monoisotopic (exact) mass is 539 g/mol. The predicted molar refractivity (Wildman–Crippen MR) is 140 cm³/mol. The summed E-state index contributed by atoms with van der Waals surface area (Å²) in [5.74, 6) is -0.871. The number of carbonyl (C=O) groups excluding carboxylic acids is 2. The summed E-state index contributed by atoms with van der Waals surface area (Å²) >= 11 is 0. The van der Waals surface area contributed by atoms with Crippen LogP contribution >= 0.6 is 12.4 Å². The Morgan fingerprint density at radius 1 is 1.03 bits per heavy atom. The largest absolute Gasteiger partial charge is 0.461 e. The SMILES string of the molecule is CCN(CC)CCOC(=O)c1ccc(NC(=O)c2ccc(C)c(S(=O)(=O)N3CCOCC3)c2)cc1.Cl. The highest BCUT2D eigenvalue weighted by Crippen LogP contribution is 2.23. The summed E-state index contributed by atoms with van der Waals surface area (Å²) < 4.78 is 38.1. The molecule has 2 aromatic rings. The van der Waals surface area contributed by atoms with Gasteiger partial charge in [-0.25, -0.2) is 13.2 Å². The van der Waals surface area contributed by atoms with E-state index < -0.39 is 21.9 Å². The van der Waals surface area contributed by atoms with E-state index in [0.717, 1.165) is 13.1 Å². The molecule has 3 rings (SSSR count). The zero-order chi connectivity index (χ0) is 25.4. The summed E-state index contributed by atoms with van der Waals surface area (Å²) in [6, 6.07) is 11.0. The fourth-order valence-corrected chi connectivity index (χ4v) is 5.39. The Hall–Kier alpha value is -2.50. The minimum absolute atomic E-state index is 0. The predicted octanol–water partition coefficient (Wildman–Crippen LogP) is 3.19. The average molecular weight is 540 g/mol. The summed E-state index contributed by atoms with van der Waals surface area (Å²) in [7, 11) is -3.73. The Balaban J connectivity index is 0.00000456. The first-order chi connectivity index (χ1) is 16.8. The molecule has 1 N–H and O–H groups in total. The van der Waals surface area contributed by atoms with Crippen molar-refractivity contribution in [3.63, 3.8) is 0 Å². The van der Waals surface area contributed by atoms with Gasteiger partial charge in [0.05, 0.1) is 23.7 Å². The van der Waals surface area contributed by atoms with E-state index in [1.165, 1.54) is 10.4 Å². The molecule has 9 nitrogen and oxygen atoms in total. The Morgan fingerprint density at radius 3 is 2.25 bits per heavy atom. The summed E-state index contributed by atoms with van der Waals surface area (Å²) in [6.45, 7) is 9.83. The quantitative estimate of drug-likeness (QED) is 0.462. The van der Waals surface area contributed by atoms with E-state index in [4.69, 9.17) is 9.47 Å². The fraction of sp³-hybridized carbons (Fsp3) is 0.440. The van der Waals surface area contributed by atoms with Gasteiger partial charge in [0.1, 0.15) is 6.61 Å². The molecule has 2 aromatic carbocycles. The molecule has 0 atom stereocenters. The molecule has 0 bridgehead atoms. The number of rotatable bonds is 10. The van der Waals surface area contributed by atoms with Gasteiger partial charge in [0, 0.05) is 30.9 Å². The average Bonchev–Trinajstić information content (AvgIpc) is 2.87. The maximum atomic E-state index is 13.1. The van der Waals surface area contributed by atoms with Crippen molar-refractivity contribution in [1.82, 2.24) is 9.21 Å². The normalized spacial score (nSPS) is 14.2. The Bertz CT molecular complexity index is 1130. The lowest BCUT2D eigenvalue weighted by molar-refractivity contribution is 0.0466. The van der Waals surface area contributed by atoms with E-state index >= 15 is 0 Å². The van der Waals surface area contributed by atoms with Crippen molar-refractivity contribution in [2.45, 2.75) is 25.7 Å². The van der Waals surface area contributed by atoms with Gasteiger partial charge in [0.2, 0.25) is 10.0 Å². The number of ether oxygens (including phenoxy) is 2. The van der Waals surface area contributed by atoms with Gasteiger partial charge in [-0.15, -0.1) is 12.4 Å². The topological polar surface area (TPSA) is 105 Å². The molecular formula is C25H34ClN3O6S. The molecule has 0 saturated carbocycles. The molecule has 0 aliphatic carbocycles. The van der Waals surface area contributed by atoms with Crippen LogP contribution in [0.4, 0.5) is 5.69 Å². The van der Waals surface area contributed by atoms with Gasteiger partial charge >= 0.3 is 5.97 Å². The highest BCUT2D eigenvalue weighted by atomic mass is 35.5. The number of halogens is 1. The van der Waals surface area contributed by atoms with Gasteiger partial charge in [0.25, 0.3) is 5.91 Å². The van der Waals surface area contributed by atoms with Crippen LogP contribution in [0, 0.1) is 6.92 Å². The zero-order valence-corrected chi connectivity index (χ0v) is 22.5. The van der Waals surface area contributed by atoms with E-state index in [0.29, 0.717) is 43.2 Å². The van der Waals surface area contributed by atoms with Crippen LogP contribution in [0.1, 0.15) is 40.1 Å². The van der Waals surface area contributed by atoms with Gasteiger partial charge in [-0.05, 0) is 62.0 Å². The number of benzene rings is 2. The van der Waals surface area contributed by atoms with Crippen LogP contribution in [-0.4, -0.2) is 82.0 Å². The third kappa shape index (κ3) is 7.50. The molecule has 1 saturated heterocycles. The number of carbonyl (C=O) groups is 2. The minimum Gasteiger partial charge on any atom is -0.461 e. The second-order valence-electron chi connectivity index (χ2n) is 8.19. The van der Waals surface area contributed by atoms with Crippen LogP contribution in [0.15, 0.2) is 47.4 Å². The van der Waals surface area contributed by atoms with Crippen LogP contribution in [0.25, 0.3) is 0 Å². The lowest BCUT2D eigenvalue weighted by Gasteiger charge is -2.26. The maximum absolute atomic E-state index is 13.1. The second kappa shape index (κ2) is 13.7. The molecule has 198 valence electrons. The number of likely N-dealkylation sites (N-methyl/N-ethyl adjacent to an activating group) is 1. The van der Waals surface area contributed by atoms with Crippen LogP contribution in [0.2, 0.25) is 0 Å². The standard InChI is InChI=1S/C25H33N3O6S.ClH/c1-4-27(5-2)12-17-34-25(30)20-8-10-22(11-9-20)26-24(29)21-7-6-19(3)23(18-21)35(31,32)28-13-15-33-16-14-28;/h6-11,18H,4-5,12-17H2,1-3H3,(H,26,29);1H. The van der Waals surface area contributed by atoms with Gasteiger partial charge in [-0.3, -0.25) is 4.79 Å². The molecule has 36 heavy (non-hydrogen) atoms. The molecule has 0 radical (unpaired) electrons. The Morgan fingerprint density at radius 2 is 1.64 bits per heavy atom. The second-order valence-corrected chi connectivity index (χ2v) is 10.1. The summed E-state index contributed by atoms with van der Waals surface area (Å²) in [4.78, 5) is 27.3. The first-order valence-corrected chi connectivity index (χ1v) is 13.2. The molecule has 1 aliphatic heterocycles. The van der Waals surface area contributed by atoms with E-state index in [9.17, 15) is 18.0 Å². The number of hydrogen-bond acceptors (Lipinski definition) is 7. The van der Waals surface area contributed by atoms with Crippen molar-refractivity contribution >= 4 is 40.0 Å². The molecule has 0 spiro atoms. The van der Waals surface area contributed by atoms with Crippen LogP contribution in [0.5, 0.6) is 0 Å². The Kier molecular flexibility index (Phi) is 11.3.